The predicted molar refractivity (Wildman–Crippen MR) is 103 cm³/mol. The Bertz CT molecular complexity index is 1260. The second kappa shape index (κ2) is 7.32. The van der Waals surface area contributed by atoms with Crippen molar-refractivity contribution in [1.82, 2.24) is 14.2 Å². The molecule has 0 N–H and O–H groups in total. The van der Waals surface area contributed by atoms with E-state index in [-0.39, 0.29) is 28.6 Å². The summed E-state index contributed by atoms with van der Waals surface area (Å²) in [5.74, 6) is 0.517. The smallest absolute Gasteiger partial charge is 0.350 e. The molecule has 0 atom stereocenters. The van der Waals surface area contributed by atoms with Crippen molar-refractivity contribution >= 4 is 15.5 Å². The first kappa shape index (κ1) is 18.0. The van der Waals surface area contributed by atoms with Crippen LogP contribution >= 0.6 is 0 Å². The highest BCUT2D eigenvalue weighted by atomic mass is 32.2. The van der Waals surface area contributed by atoms with Gasteiger partial charge in [0.1, 0.15) is 12.4 Å². The Kier molecular flexibility index (Phi) is 4.70. The zero-order chi connectivity index (χ0) is 19.6. The van der Waals surface area contributed by atoms with Crippen molar-refractivity contribution in [2.24, 2.45) is 0 Å². The fraction of sp³-hybridized carbons (Fsp3) is 0.100. The van der Waals surface area contributed by atoms with Crippen LogP contribution in [0.3, 0.4) is 0 Å². The number of pyridine rings is 1. The molecule has 2 aromatic heterocycles. The molecule has 2 aromatic carbocycles. The van der Waals surface area contributed by atoms with Gasteiger partial charge in [-0.25, -0.2) is 17.9 Å². The van der Waals surface area contributed by atoms with Crippen molar-refractivity contribution < 1.29 is 13.2 Å². The van der Waals surface area contributed by atoms with Crippen molar-refractivity contribution in [3.63, 3.8) is 0 Å². The number of sulfone groups is 1. The van der Waals surface area contributed by atoms with Crippen LogP contribution in [0.4, 0.5) is 0 Å². The molecular formula is C20H17N3O4S. The zero-order valence-electron chi connectivity index (χ0n) is 14.8. The van der Waals surface area contributed by atoms with Gasteiger partial charge in [-0.15, -0.1) is 5.10 Å². The first-order valence-electron chi connectivity index (χ1n) is 8.63. The van der Waals surface area contributed by atoms with E-state index in [1.165, 1.54) is 21.2 Å². The summed E-state index contributed by atoms with van der Waals surface area (Å²) in [6.45, 7) is 0.513. The van der Waals surface area contributed by atoms with Crippen molar-refractivity contribution in [3.05, 3.63) is 89.5 Å². The maximum absolute atomic E-state index is 12.6. The van der Waals surface area contributed by atoms with Crippen LogP contribution in [-0.4, -0.2) is 29.2 Å². The normalized spacial score (nSPS) is 11.6. The summed E-state index contributed by atoms with van der Waals surface area (Å²) in [5.41, 5.74) is 0.339. The molecule has 0 bridgehead atoms. The van der Waals surface area contributed by atoms with E-state index in [1.54, 1.807) is 60.8 Å². The maximum Gasteiger partial charge on any atom is 0.350 e. The number of aromatic nitrogens is 3. The summed E-state index contributed by atoms with van der Waals surface area (Å²) in [6, 6.07) is 19.8. The molecule has 0 unspecified atom stereocenters. The van der Waals surface area contributed by atoms with Gasteiger partial charge in [-0.05, 0) is 48.5 Å². The first-order chi connectivity index (χ1) is 13.6. The molecule has 28 heavy (non-hydrogen) atoms. The Labute approximate surface area is 161 Å². The highest BCUT2D eigenvalue weighted by Gasteiger charge is 2.17. The van der Waals surface area contributed by atoms with E-state index in [2.05, 4.69) is 5.10 Å². The molecule has 0 radical (unpaired) electrons. The molecule has 0 saturated carbocycles. The number of hydrogen-bond acceptors (Lipinski definition) is 5. The quantitative estimate of drug-likeness (QED) is 0.501. The fourth-order valence-electron chi connectivity index (χ4n) is 2.81. The molecule has 2 heterocycles. The monoisotopic (exact) mass is 395 g/mol. The highest BCUT2D eigenvalue weighted by Crippen LogP contribution is 2.22. The molecule has 0 spiro atoms. The standard InChI is InChI=1S/C20H17N3O4S/c24-20-22-13-5-4-8-19(22)21-23(20)14-15-27-16-9-11-18(12-10-16)28(25,26)17-6-2-1-3-7-17/h1-13H,14-15H2. The fourth-order valence-corrected chi connectivity index (χ4v) is 4.10. The van der Waals surface area contributed by atoms with E-state index in [4.69, 9.17) is 4.74 Å². The summed E-state index contributed by atoms with van der Waals surface area (Å²) in [7, 11) is -3.55. The largest absolute Gasteiger partial charge is 0.492 e. The van der Waals surface area contributed by atoms with Gasteiger partial charge in [0.15, 0.2) is 5.65 Å². The lowest BCUT2D eigenvalue weighted by molar-refractivity contribution is 0.289. The molecule has 0 aliphatic carbocycles. The van der Waals surface area contributed by atoms with E-state index >= 15 is 0 Å². The Hall–Kier alpha value is -3.39. The SMILES string of the molecule is O=c1n(CCOc2ccc(S(=O)(=O)c3ccccc3)cc2)nc2ccccn12. The molecular weight excluding hydrogens is 378 g/mol. The van der Waals surface area contributed by atoms with Gasteiger partial charge < -0.3 is 4.74 Å². The van der Waals surface area contributed by atoms with Crippen LogP contribution in [0, 0.1) is 0 Å². The van der Waals surface area contributed by atoms with Crippen LogP contribution in [0.25, 0.3) is 5.65 Å². The lowest BCUT2D eigenvalue weighted by atomic mass is 10.3. The summed E-state index contributed by atoms with van der Waals surface area (Å²) in [4.78, 5) is 12.6. The zero-order valence-corrected chi connectivity index (χ0v) is 15.6. The van der Waals surface area contributed by atoms with Crippen molar-refractivity contribution in [2.45, 2.75) is 16.3 Å². The molecule has 0 aliphatic heterocycles. The lowest BCUT2D eigenvalue weighted by Gasteiger charge is -2.08. The van der Waals surface area contributed by atoms with Gasteiger partial charge in [-0.3, -0.25) is 4.40 Å². The summed E-state index contributed by atoms with van der Waals surface area (Å²) >= 11 is 0. The molecule has 142 valence electrons. The van der Waals surface area contributed by atoms with Crippen LogP contribution in [-0.2, 0) is 16.4 Å². The lowest BCUT2D eigenvalue weighted by Crippen LogP contribution is -2.23. The van der Waals surface area contributed by atoms with Crippen molar-refractivity contribution in [3.8, 4) is 5.75 Å². The molecule has 4 rings (SSSR count). The predicted octanol–water partition coefficient (Wildman–Crippen LogP) is 2.41. The van der Waals surface area contributed by atoms with Crippen molar-refractivity contribution in [1.29, 1.82) is 0 Å². The molecule has 0 amide bonds. The topological polar surface area (TPSA) is 82.7 Å². The van der Waals surface area contributed by atoms with Crippen LogP contribution in [0.5, 0.6) is 5.75 Å². The highest BCUT2D eigenvalue weighted by molar-refractivity contribution is 7.91. The van der Waals surface area contributed by atoms with Crippen LogP contribution < -0.4 is 10.4 Å². The number of nitrogens with zero attached hydrogens (tertiary/aromatic N) is 3. The summed E-state index contributed by atoms with van der Waals surface area (Å²) in [6.07, 6.45) is 1.66. The van der Waals surface area contributed by atoms with Gasteiger partial charge in [0.05, 0.1) is 16.3 Å². The Morgan fingerprint density at radius 2 is 1.54 bits per heavy atom. The summed E-state index contributed by atoms with van der Waals surface area (Å²) < 4.78 is 33.6. The Balaban J connectivity index is 1.44. The van der Waals surface area contributed by atoms with Gasteiger partial charge >= 0.3 is 5.69 Å². The van der Waals surface area contributed by atoms with E-state index in [0.717, 1.165) is 0 Å². The first-order valence-corrected chi connectivity index (χ1v) is 10.1. The van der Waals surface area contributed by atoms with Gasteiger partial charge in [-0.2, -0.15) is 0 Å². The van der Waals surface area contributed by atoms with Crippen LogP contribution in [0.15, 0.2) is 93.6 Å². The third kappa shape index (κ3) is 3.41. The van der Waals surface area contributed by atoms with E-state index in [1.807, 2.05) is 6.07 Å². The average molecular weight is 395 g/mol. The number of rotatable bonds is 6. The average Bonchev–Trinajstić information content (AvgIpc) is 3.05. The van der Waals surface area contributed by atoms with E-state index < -0.39 is 9.84 Å². The summed E-state index contributed by atoms with van der Waals surface area (Å²) in [5, 5.41) is 4.23. The Morgan fingerprint density at radius 3 is 2.25 bits per heavy atom. The van der Waals surface area contributed by atoms with Gasteiger partial charge in [0.25, 0.3) is 0 Å². The molecule has 8 heteroatoms. The number of benzene rings is 2. The van der Waals surface area contributed by atoms with Crippen LogP contribution in [0.2, 0.25) is 0 Å². The van der Waals surface area contributed by atoms with Gasteiger partial charge in [-0.1, -0.05) is 24.3 Å². The molecule has 0 aliphatic rings. The number of fused-ring (bicyclic) bond motifs is 1. The third-order valence-electron chi connectivity index (χ3n) is 4.25. The van der Waals surface area contributed by atoms with Gasteiger partial charge in [0.2, 0.25) is 9.84 Å². The minimum Gasteiger partial charge on any atom is -0.492 e. The molecule has 0 fully saturated rings. The molecule has 0 saturated heterocycles. The Morgan fingerprint density at radius 1 is 0.857 bits per heavy atom. The molecule has 7 nitrogen and oxygen atoms in total. The van der Waals surface area contributed by atoms with Crippen molar-refractivity contribution in [2.75, 3.05) is 6.61 Å². The minimum absolute atomic E-state index is 0.197. The second-order valence-electron chi connectivity index (χ2n) is 6.07. The third-order valence-corrected chi connectivity index (χ3v) is 6.03. The number of hydrogen-bond donors (Lipinski definition) is 0. The van der Waals surface area contributed by atoms with E-state index in [9.17, 15) is 13.2 Å². The van der Waals surface area contributed by atoms with Crippen LogP contribution in [0.1, 0.15) is 0 Å². The second-order valence-corrected chi connectivity index (χ2v) is 8.02. The number of ether oxygens (including phenoxy) is 1. The van der Waals surface area contributed by atoms with Gasteiger partial charge in [0, 0.05) is 6.20 Å². The minimum atomic E-state index is -3.55. The maximum atomic E-state index is 12.6. The molecule has 4 aromatic rings. The van der Waals surface area contributed by atoms with E-state index in [0.29, 0.717) is 11.4 Å².